The van der Waals surface area contributed by atoms with Crippen molar-refractivity contribution in [3.8, 4) is 0 Å². The number of rotatable bonds is 5. The third-order valence-corrected chi connectivity index (χ3v) is 4.23. The summed E-state index contributed by atoms with van der Waals surface area (Å²) >= 11 is 7.34. The van der Waals surface area contributed by atoms with Crippen molar-refractivity contribution in [2.75, 3.05) is 6.54 Å². The van der Waals surface area contributed by atoms with Crippen LogP contribution >= 0.6 is 23.4 Å². The van der Waals surface area contributed by atoms with Gasteiger partial charge in [0.25, 0.3) is 0 Å². The van der Waals surface area contributed by atoms with Crippen LogP contribution in [0.5, 0.6) is 0 Å². The monoisotopic (exact) mass is 295 g/mol. The molecule has 0 aliphatic heterocycles. The van der Waals surface area contributed by atoms with Gasteiger partial charge in [0.05, 0.1) is 0 Å². The molecule has 0 spiro atoms. The summed E-state index contributed by atoms with van der Waals surface area (Å²) in [6, 6.07) is 12.8. The van der Waals surface area contributed by atoms with Crippen molar-refractivity contribution in [2.24, 2.45) is 5.73 Å². The minimum absolute atomic E-state index is 0.176. The van der Waals surface area contributed by atoms with Crippen LogP contribution in [0.15, 0.2) is 47.4 Å². The molecular formula is C15H15ClFNS. The molecule has 100 valence electrons. The van der Waals surface area contributed by atoms with E-state index in [1.807, 2.05) is 30.3 Å². The highest BCUT2D eigenvalue weighted by atomic mass is 35.5. The molecule has 0 aromatic heterocycles. The van der Waals surface area contributed by atoms with Crippen molar-refractivity contribution in [1.82, 2.24) is 0 Å². The Kier molecular flexibility index (Phi) is 5.25. The molecule has 0 saturated heterocycles. The molecule has 0 radical (unpaired) electrons. The van der Waals surface area contributed by atoms with Crippen LogP contribution in [0, 0.1) is 5.82 Å². The predicted octanol–water partition coefficient (Wildman–Crippen LogP) is 4.27. The highest BCUT2D eigenvalue weighted by Crippen LogP contribution is 2.29. The van der Waals surface area contributed by atoms with Crippen molar-refractivity contribution in [3.05, 3.63) is 64.4 Å². The summed E-state index contributed by atoms with van der Waals surface area (Å²) in [6.07, 6.45) is 0.695. The van der Waals surface area contributed by atoms with Crippen molar-refractivity contribution in [2.45, 2.75) is 17.1 Å². The molecule has 0 heterocycles. The lowest BCUT2D eigenvalue weighted by molar-refractivity contribution is 0.597. The fraction of sp³-hybridized carbons (Fsp3) is 0.200. The molecule has 0 amide bonds. The van der Waals surface area contributed by atoms with Gasteiger partial charge in [-0.1, -0.05) is 35.9 Å². The van der Waals surface area contributed by atoms with Crippen LogP contribution in [0.4, 0.5) is 4.39 Å². The predicted molar refractivity (Wildman–Crippen MR) is 80.2 cm³/mol. The molecule has 2 aromatic rings. The molecule has 2 N–H and O–H groups in total. The Bertz CT molecular complexity index is 542. The van der Waals surface area contributed by atoms with E-state index in [4.69, 9.17) is 17.3 Å². The maximum atomic E-state index is 13.9. The lowest BCUT2D eigenvalue weighted by Gasteiger charge is -2.09. The van der Waals surface area contributed by atoms with Crippen LogP contribution in [0.3, 0.4) is 0 Å². The summed E-state index contributed by atoms with van der Waals surface area (Å²) in [5.41, 5.74) is 7.65. The molecule has 0 bridgehead atoms. The number of thioether (sulfide) groups is 1. The van der Waals surface area contributed by atoms with E-state index < -0.39 is 0 Å². The normalized spacial score (nSPS) is 10.7. The second-order valence-corrected chi connectivity index (χ2v) is 5.60. The minimum Gasteiger partial charge on any atom is -0.330 e. The van der Waals surface area contributed by atoms with Crippen LogP contribution in [0.2, 0.25) is 5.02 Å². The van der Waals surface area contributed by atoms with Gasteiger partial charge in [-0.2, -0.15) is 0 Å². The van der Waals surface area contributed by atoms with Gasteiger partial charge in [-0.3, -0.25) is 0 Å². The maximum Gasteiger partial charge on any atom is 0.137 e. The zero-order valence-corrected chi connectivity index (χ0v) is 12.0. The summed E-state index contributed by atoms with van der Waals surface area (Å²) in [7, 11) is 0. The Morgan fingerprint density at radius 1 is 1.11 bits per heavy atom. The summed E-state index contributed by atoms with van der Waals surface area (Å²) in [5.74, 6) is 0.542. The van der Waals surface area contributed by atoms with E-state index >= 15 is 0 Å². The second-order valence-electron chi connectivity index (χ2n) is 4.18. The fourth-order valence-corrected chi connectivity index (χ4v) is 2.99. The third-order valence-electron chi connectivity index (χ3n) is 2.76. The van der Waals surface area contributed by atoms with Gasteiger partial charge in [-0.25, -0.2) is 4.39 Å². The summed E-state index contributed by atoms with van der Waals surface area (Å²) in [4.78, 5) is 0.697. The number of hydrogen-bond donors (Lipinski definition) is 1. The zero-order valence-electron chi connectivity index (χ0n) is 10.4. The molecule has 0 atom stereocenters. The van der Waals surface area contributed by atoms with Gasteiger partial charge < -0.3 is 5.73 Å². The van der Waals surface area contributed by atoms with E-state index in [0.29, 0.717) is 22.9 Å². The second kappa shape index (κ2) is 6.94. The van der Waals surface area contributed by atoms with Gasteiger partial charge >= 0.3 is 0 Å². The van der Waals surface area contributed by atoms with Crippen LogP contribution < -0.4 is 5.73 Å². The van der Waals surface area contributed by atoms with E-state index in [-0.39, 0.29) is 5.82 Å². The lowest BCUT2D eigenvalue weighted by Crippen LogP contribution is -2.04. The quantitative estimate of drug-likeness (QED) is 0.834. The highest BCUT2D eigenvalue weighted by molar-refractivity contribution is 7.98. The Hall–Kier alpha value is -1.03. The molecule has 0 unspecified atom stereocenters. The third kappa shape index (κ3) is 3.96. The van der Waals surface area contributed by atoms with Crippen molar-refractivity contribution in [3.63, 3.8) is 0 Å². The number of halogens is 2. The van der Waals surface area contributed by atoms with E-state index in [2.05, 4.69) is 0 Å². The summed E-state index contributed by atoms with van der Waals surface area (Å²) in [5, 5.41) is 0.712. The maximum absolute atomic E-state index is 13.9. The Morgan fingerprint density at radius 3 is 2.53 bits per heavy atom. The van der Waals surface area contributed by atoms with E-state index in [1.165, 1.54) is 17.8 Å². The van der Waals surface area contributed by atoms with Gasteiger partial charge in [-0.15, -0.1) is 11.8 Å². The minimum atomic E-state index is -0.176. The summed E-state index contributed by atoms with van der Waals surface area (Å²) in [6.45, 7) is 0.526. The first-order valence-electron chi connectivity index (χ1n) is 6.05. The molecule has 0 saturated carbocycles. The SMILES string of the molecule is NCCc1cccc(F)c1SCc1ccc(Cl)cc1. The van der Waals surface area contributed by atoms with Crippen molar-refractivity contribution >= 4 is 23.4 Å². The largest absolute Gasteiger partial charge is 0.330 e. The van der Waals surface area contributed by atoms with Crippen molar-refractivity contribution in [1.29, 1.82) is 0 Å². The Labute approximate surface area is 122 Å². The average Bonchev–Trinajstić information content (AvgIpc) is 2.40. The fourth-order valence-electron chi connectivity index (χ4n) is 1.80. The van der Waals surface area contributed by atoms with Crippen LogP contribution in [-0.2, 0) is 12.2 Å². The van der Waals surface area contributed by atoms with Gasteiger partial charge in [-0.05, 0) is 42.3 Å². The molecule has 19 heavy (non-hydrogen) atoms. The molecule has 4 heteroatoms. The molecule has 0 aliphatic carbocycles. The first kappa shape index (κ1) is 14.4. The van der Waals surface area contributed by atoms with Crippen LogP contribution in [0.1, 0.15) is 11.1 Å². The average molecular weight is 296 g/mol. The molecule has 0 aliphatic rings. The Morgan fingerprint density at radius 2 is 1.84 bits per heavy atom. The van der Waals surface area contributed by atoms with Crippen molar-refractivity contribution < 1.29 is 4.39 Å². The number of benzene rings is 2. The molecule has 0 fully saturated rings. The zero-order chi connectivity index (χ0) is 13.7. The highest BCUT2D eigenvalue weighted by Gasteiger charge is 2.08. The lowest BCUT2D eigenvalue weighted by atomic mass is 10.1. The van der Waals surface area contributed by atoms with Gasteiger partial charge in [0.2, 0.25) is 0 Å². The van der Waals surface area contributed by atoms with E-state index in [1.54, 1.807) is 6.07 Å². The van der Waals surface area contributed by atoms with Crippen LogP contribution in [-0.4, -0.2) is 6.54 Å². The standard InChI is InChI=1S/C15H15ClFNS/c16-13-6-4-11(5-7-13)10-19-15-12(8-9-18)2-1-3-14(15)17/h1-7H,8-10,18H2. The molecule has 2 rings (SSSR count). The van der Waals surface area contributed by atoms with E-state index in [0.717, 1.165) is 16.9 Å². The summed E-state index contributed by atoms with van der Waals surface area (Å²) < 4.78 is 13.9. The number of hydrogen-bond acceptors (Lipinski definition) is 2. The molecule has 1 nitrogen and oxygen atoms in total. The molecule has 2 aromatic carbocycles. The van der Waals surface area contributed by atoms with Crippen LogP contribution in [0.25, 0.3) is 0 Å². The molecular weight excluding hydrogens is 281 g/mol. The van der Waals surface area contributed by atoms with Gasteiger partial charge in [0.15, 0.2) is 0 Å². The first-order chi connectivity index (χ1) is 9.20. The topological polar surface area (TPSA) is 26.0 Å². The van der Waals surface area contributed by atoms with Gasteiger partial charge in [0.1, 0.15) is 5.82 Å². The smallest absolute Gasteiger partial charge is 0.137 e. The number of nitrogens with two attached hydrogens (primary N) is 1. The van der Waals surface area contributed by atoms with Gasteiger partial charge in [0, 0.05) is 15.7 Å². The first-order valence-corrected chi connectivity index (χ1v) is 7.42. The Balaban J connectivity index is 2.12. The van der Waals surface area contributed by atoms with E-state index in [9.17, 15) is 4.39 Å².